The smallest absolute Gasteiger partial charge is 0.123 e. The maximum Gasteiger partial charge on any atom is 0.123 e. The van der Waals surface area contributed by atoms with E-state index in [9.17, 15) is 0 Å². The SMILES string of the molecule is CCCOc1ccc(-c2nc(CNCC)cs2)cc1. The van der Waals surface area contributed by atoms with E-state index < -0.39 is 0 Å². The lowest BCUT2D eigenvalue weighted by atomic mass is 10.2. The Balaban J connectivity index is 2.02. The van der Waals surface area contributed by atoms with Gasteiger partial charge in [-0.25, -0.2) is 4.98 Å². The van der Waals surface area contributed by atoms with E-state index in [1.54, 1.807) is 11.3 Å². The highest BCUT2D eigenvalue weighted by atomic mass is 32.1. The predicted octanol–water partition coefficient (Wildman–Crippen LogP) is 3.71. The number of thiazole rings is 1. The van der Waals surface area contributed by atoms with E-state index >= 15 is 0 Å². The third-order valence-electron chi connectivity index (χ3n) is 2.68. The zero-order valence-electron chi connectivity index (χ0n) is 11.5. The van der Waals surface area contributed by atoms with Gasteiger partial charge < -0.3 is 10.1 Å². The van der Waals surface area contributed by atoms with Crippen molar-refractivity contribution < 1.29 is 4.74 Å². The first-order chi connectivity index (χ1) is 9.33. The predicted molar refractivity (Wildman–Crippen MR) is 80.7 cm³/mol. The van der Waals surface area contributed by atoms with E-state index in [-0.39, 0.29) is 0 Å². The Bertz CT molecular complexity index is 493. The van der Waals surface area contributed by atoms with Crippen molar-refractivity contribution in [2.24, 2.45) is 0 Å². The summed E-state index contributed by atoms with van der Waals surface area (Å²) in [4.78, 5) is 4.63. The van der Waals surface area contributed by atoms with Crippen LogP contribution in [0.1, 0.15) is 26.0 Å². The summed E-state index contributed by atoms with van der Waals surface area (Å²) in [7, 11) is 0. The molecule has 0 radical (unpaired) electrons. The van der Waals surface area contributed by atoms with E-state index in [1.165, 1.54) is 0 Å². The van der Waals surface area contributed by atoms with Crippen LogP contribution in [0.25, 0.3) is 10.6 Å². The molecule has 0 saturated heterocycles. The second kappa shape index (κ2) is 7.26. The molecule has 1 aromatic carbocycles. The maximum absolute atomic E-state index is 5.58. The molecule has 3 nitrogen and oxygen atoms in total. The molecule has 0 aliphatic carbocycles. The Morgan fingerprint density at radius 2 is 2.00 bits per heavy atom. The third-order valence-corrected chi connectivity index (χ3v) is 3.62. The Hall–Kier alpha value is -1.39. The van der Waals surface area contributed by atoms with Crippen LogP contribution in [0.3, 0.4) is 0 Å². The van der Waals surface area contributed by atoms with Crippen molar-refractivity contribution in [1.29, 1.82) is 0 Å². The monoisotopic (exact) mass is 276 g/mol. The highest BCUT2D eigenvalue weighted by Gasteiger charge is 2.04. The molecule has 0 spiro atoms. The van der Waals surface area contributed by atoms with Gasteiger partial charge in [0.2, 0.25) is 0 Å². The molecule has 0 atom stereocenters. The lowest BCUT2D eigenvalue weighted by molar-refractivity contribution is 0.317. The van der Waals surface area contributed by atoms with E-state index in [2.05, 4.69) is 41.7 Å². The average molecular weight is 276 g/mol. The van der Waals surface area contributed by atoms with Crippen LogP contribution in [0.2, 0.25) is 0 Å². The minimum Gasteiger partial charge on any atom is -0.494 e. The summed E-state index contributed by atoms with van der Waals surface area (Å²) in [6.45, 7) is 6.78. The molecule has 0 saturated carbocycles. The molecule has 0 bridgehead atoms. The van der Waals surface area contributed by atoms with Gasteiger partial charge in [0.25, 0.3) is 0 Å². The lowest BCUT2D eigenvalue weighted by Gasteiger charge is -2.04. The minimum atomic E-state index is 0.767. The fourth-order valence-corrected chi connectivity index (χ4v) is 2.51. The molecule has 1 heterocycles. The van der Waals surface area contributed by atoms with Crippen LogP contribution in [0.15, 0.2) is 29.6 Å². The number of rotatable bonds is 7. The zero-order chi connectivity index (χ0) is 13.5. The van der Waals surface area contributed by atoms with E-state index in [0.717, 1.165) is 48.1 Å². The van der Waals surface area contributed by atoms with Gasteiger partial charge in [0.1, 0.15) is 10.8 Å². The summed E-state index contributed by atoms with van der Waals surface area (Å²) in [6, 6.07) is 8.16. The number of nitrogens with one attached hydrogen (secondary N) is 1. The summed E-state index contributed by atoms with van der Waals surface area (Å²) in [5.74, 6) is 0.926. The van der Waals surface area contributed by atoms with Crippen LogP contribution < -0.4 is 10.1 Å². The van der Waals surface area contributed by atoms with Crippen LogP contribution >= 0.6 is 11.3 Å². The van der Waals surface area contributed by atoms with E-state index in [1.807, 2.05) is 12.1 Å². The van der Waals surface area contributed by atoms with Gasteiger partial charge in [-0.15, -0.1) is 11.3 Å². The number of ether oxygens (including phenoxy) is 1. The number of aromatic nitrogens is 1. The Kier molecular flexibility index (Phi) is 5.36. The first-order valence-electron chi connectivity index (χ1n) is 6.71. The van der Waals surface area contributed by atoms with Gasteiger partial charge in [0.05, 0.1) is 12.3 Å². The highest BCUT2D eigenvalue weighted by Crippen LogP contribution is 2.25. The molecule has 1 N–H and O–H groups in total. The van der Waals surface area contributed by atoms with Crippen molar-refractivity contribution in [3.8, 4) is 16.3 Å². The number of hydrogen-bond acceptors (Lipinski definition) is 4. The second-order valence-corrected chi connectivity index (χ2v) is 5.16. The van der Waals surface area contributed by atoms with Crippen LogP contribution in [-0.2, 0) is 6.54 Å². The molecule has 1 aromatic heterocycles. The van der Waals surface area contributed by atoms with Crippen LogP contribution in [0, 0.1) is 0 Å². The number of hydrogen-bond donors (Lipinski definition) is 1. The topological polar surface area (TPSA) is 34.1 Å². The van der Waals surface area contributed by atoms with Crippen LogP contribution in [-0.4, -0.2) is 18.1 Å². The standard InChI is InChI=1S/C15H20N2OS/c1-3-9-18-14-7-5-12(6-8-14)15-17-13(11-19-15)10-16-4-2/h5-8,11,16H,3-4,9-10H2,1-2H3. The molecule has 0 fully saturated rings. The minimum absolute atomic E-state index is 0.767. The summed E-state index contributed by atoms with van der Waals surface area (Å²) in [6.07, 6.45) is 1.03. The lowest BCUT2D eigenvalue weighted by Crippen LogP contribution is -2.11. The van der Waals surface area contributed by atoms with Crippen molar-refractivity contribution in [1.82, 2.24) is 10.3 Å². The van der Waals surface area contributed by atoms with Gasteiger partial charge in [0.15, 0.2) is 0 Å². The van der Waals surface area contributed by atoms with Crippen LogP contribution in [0.4, 0.5) is 0 Å². The molecule has 0 amide bonds. The fourth-order valence-electron chi connectivity index (χ4n) is 1.69. The molecule has 19 heavy (non-hydrogen) atoms. The number of nitrogens with zero attached hydrogens (tertiary/aromatic N) is 1. The maximum atomic E-state index is 5.58. The second-order valence-electron chi connectivity index (χ2n) is 4.30. The van der Waals surface area contributed by atoms with Crippen molar-refractivity contribution in [2.45, 2.75) is 26.8 Å². The van der Waals surface area contributed by atoms with Gasteiger partial charge in [0, 0.05) is 17.5 Å². The highest BCUT2D eigenvalue weighted by molar-refractivity contribution is 7.13. The van der Waals surface area contributed by atoms with Crippen molar-refractivity contribution in [2.75, 3.05) is 13.2 Å². The molecular formula is C15H20N2OS. The number of benzene rings is 1. The van der Waals surface area contributed by atoms with Crippen molar-refractivity contribution in [3.05, 3.63) is 35.3 Å². The van der Waals surface area contributed by atoms with Gasteiger partial charge in [-0.1, -0.05) is 13.8 Å². The molecule has 2 aromatic rings. The largest absolute Gasteiger partial charge is 0.494 e. The molecule has 4 heteroatoms. The van der Waals surface area contributed by atoms with Gasteiger partial charge in [-0.2, -0.15) is 0 Å². The molecule has 0 aliphatic heterocycles. The first-order valence-corrected chi connectivity index (χ1v) is 7.59. The molecule has 102 valence electrons. The van der Waals surface area contributed by atoms with E-state index in [0.29, 0.717) is 0 Å². The Morgan fingerprint density at radius 3 is 2.68 bits per heavy atom. The fraction of sp³-hybridized carbons (Fsp3) is 0.400. The summed E-state index contributed by atoms with van der Waals surface area (Å²) >= 11 is 1.68. The average Bonchev–Trinajstić information content (AvgIpc) is 2.92. The van der Waals surface area contributed by atoms with Gasteiger partial charge in [-0.3, -0.25) is 0 Å². The molecular weight excluding hydrogens is 256 g/mol. The Labute approximate surface area is 118 Å². The third kappa shape index (κ3) is 4.04. The molecule has 2 rings (SSSR count). The molecule has 0 aliphatic rings. The Morgan fingerprint density at radius 1 is 1.21 bits per heavy atom. The van der Waals surface area contributed by atoms with Gasteiger partial charge in [-0.05, 0) is 37.2 Å². The van der Waals surface area contributed by atoms with E-state index in [4.69, 9.17) is 4.74 Å². The van der Waals surface area contributed by atoms with Crippen molar-refractivity contribution in [3.63, 3.8) is 0 Å². The summed E-state index contributed by atoms with van der Waals surface area (Å²) in [5.41, 5.74) is 2.25. The summed E-state index contributed by atoms with van der Waals surface area (Å²) in [5, 5.41) is 6.46. The van der Waals surface area contributed by atoms with Crippen molar-refractivity contribution >= 4 is 11.3 Å². The molecule has 0 unspecified atom stereocenters. The normalized spacial score (nSPS) is 10.6. The zero-order valence-corrected chi connectivity index (χ0v) is 12.3. The van der Waals surface area contributed by atoms with Gasteiger partial charge >= 0.3 is 0 Å². The quantitative estimate of drug-likeness (QED) is 0.837. The first kappa shape index (κ1) is 14.0. The van der Waals surface area contributed by atoms with Crippen LogP contribution in [0.5, 0.6) is 5.75 Å². The summed E-state index contributed by atoms with van der Waals surface area (Å²) < 4.78 is 5.58.